The van der Waals surface area contributed by atoms with Gasteiger partial charge in [-0.2, -0.15) is 0 Å². The maximum atomic E-state index is 12.6. The fourth-order valence-electron chi connectivity index (χ4n) is 3.48. The first kappa shape index (κ1) is 20.3. The van der Waals surface area contributed by atoms with Gasteiger partial charge in [0.25, 0.3) is 0 Å². The lowest BCUT2D eigenvalue weighted by Gasteiger charge is -2.26. The standard InChI is InChI=1S/C25H23N3O3/c29-20-10-6-18(7-11-20)15-24(31)28-25-22(14-17-4-2-1-3-5-17)27-23(16-26-25)19-8-12-21(30)13-9-19/h1-13,16,22,25,29-30H,14-15H2,(H,28,31). The van der Waals surface area contributed by atoms with Gasteiger partial charge in [-0.3, -0.25) is 14.8 Å². The average Bonchev–Trinajstić information content (AvgIpc) is 2.78. The van der Waals surface area contributed by atoms with Crippen LogP contribution in [0.4, 0.5) is 0 Å². The largest absolute Gasteiger partial charge is 0.508 e. The summed E-state index contributed by atoms with van der Waals surface area (Å²) in [7, 11) is 0. The third-order valence-corrected chi connectivity index (χ3v) is 5.09. The highest BCUT2D eigenvalue weighted by Gasteiger charge is 2.26. The van der Waals surface area contributed by atoms with Crippen LogP contribution < -0.4 is 5.32 Å². The van der Waals surface area contributed by atoms with Crippen molar-refractivity contribution in [2.45, 2.75) is 25.0 Å². The van der Waals surface area contributed by atoms with Gasteiger partial charge in [-0.05, 0) is 53.9 Å². The summed E-state index contributed by atoms with van der Waals surface area (Å²) in [4.78, 5) is 22.1. The van der Waals surface area contributed by atoms with Crippen molar-refractivity contribution in [3.05, 3.63) is 95.6 Å². The Morgan fingerprint density at radius 2 is 1.48 bits per heavy atom. The van der Waals surface area contributed by atoms with E-state index in [2.05, 4.69) is 10.3 Å². The smallest absolute Gasteiger partial charge is 0.226 e. The summed E-state index contributed by atoms with van der Waals surface area (Å²) in [5, 5.41) is 21.9. The van der Waals surface area contributed by atoms with Gasteiger partial charge in [0.05, 0.1) is 18.2 Å². The van der Waals surface area contributed by atoms with Crippen molar-refractivity contribution in [2.75, 3.05) is 0 Å². The molecule has 4 rings (SSSR count). The number of rotatable bonds is 6. The van der Waals surface area contributed by atoms with E-state index in [0.29, 0.717) is 12.1 Å². The van der Waals surface area contributed by atoms with Crippen LogP contribution in [0.2, 0.25) is 0 Å². The molecule has 1 heterocycles. The van der Waals surface area contributed by atoms with Gasteiger partial charge >= 0.3 is 0 Å². The zero-order valence-electron chi connectivity index (χ0n) is 16.8. The molecule has 0 fully saturated rings. The minimum atomic E-state index is -0.481. The summed E-state index contributed by atoms with van der Waals surface area (Å²) < 4.78 is 0. The van der Waals surface area contributed by atoms with Crippen molar-refractivity contribution in [3.8, 4) is 11.5 Å². The van der Waals surface area contributed by atoms with Crippen molar-refractivity contribution in [2.24, 2.45) is 9.98 Å². The molecule has 0 radical (unpaired) electrons. The van der Waals surface area contributed by atoms with Crippen LogP contribution in [0.25, 0.3) is 0 Å². The van der Waals surface area contributed by atoms with Crippen molar-refractivity contribution in [3.63, 3.8) is 0 Å². The van der Waals surface area contributed by atoms with E-state index in [1.54, 1.807) is 54.7 Å². The fraction of sp³-hybridized carbons (Fsp3) is 0.160. The predicted molar refractivity (Wildman–Crippen MR) is 121 cm³/mol. The molecule has 156 valence electrons. The van der Waals surface area contributed by atoms with E-state index in [1.807, 2.05) is 30.3 Å². The second-order valence-corrected chi connectivity index (χ2v) is 7.45. The van der Waals surface area contributed by atoms with Crippen LogP contribution in [0.1, 0.15) is 16.7 Å². The summed E-state index contributed by atoms with van der Waals surface area (Å²) in [6.45, 7) is 0. The molecule has 1 amide bonds. The van der Waals surface area contributed by atoms with Crippen LogP contribution in [-0.2, 0) is 17.6 Å². The Bertz CT molecular complexity index is 1090. The number of benzene rings is 3. The number of nitrogens with one attached hydrogen (secondary N) is 1. The van der Waals surface area contributed by atoms with Crippen molar-refractivity contribution >= 4 is 17.8 Å². The highest BCUT2D eigenvalue weighted by Crippen LogP contribution is 2.18. The van der Waals surface area contributed by atoms with Gasteiger partial charge in [0, 0.05) is 11.8 Å². The molecule has 0 spiro atoms. The molecule has 0 saturated carbocycles. The first-order chi connectivity index (χ1) is 15.1. The van der Waals surface area contributed by atoms with Gasteiger partial charge in [0.15, 0.2) is 0 Å². The number of carbonyl (C=O) groups excluding carboxylic acids is 1. The normalized spacial score (nSPS) is 17.7. The Balaban J connectivity index is 1.52. The number of phenols is 2. The SMILES string of the molecule is O=C(Cc1ccc(O)cc1)NC1N=CC(c2ccc(O)cc2)=NC1Cc1ccccc1. The first-order valence-corrected chi connectivity index (χ1v) is 10.1. The number of aliphatic imine (C=N–C) groups is 2. The Morgan fingerprint density at radius 3 is 2.16 bits per heavy atom. The molecule has 31 heavy (non-hydrogen) atoms. The lowest BCUT2D eigenvalue weighted by Crippen LogP contribution is -2.45. The molecule has 0 bridgehead atoms. The van der Waals surface area contributed by atoms with Crippen molar-refractivity contribution in [1.82, 2.24) is 5.32 Å². The lowest BCUT2D eigenvalue weighted by molar-refractivity contribution is -0.121. The van der Waals surface area contributed by atoms with Gasteiger partial charge in [0.1, 0.15) is 17.7 Å². The van der Waals surface area contributed by atoms with Crippen molar-refractivity contribution < 1.29 is 15.0 Å². The van der Waals surface area contributed by atoms with Crippen LogP contribution in [-0.4, -0.2) is 40.3 Å². The molecule has 0 saturated heterocycles. The monoisotopic (exact) mass is 413 g/mol. The van der Waals surface area contributed by atoms with Gasteiger partial charge < -0.3 is 15.5 Å². The van der Waals surface area contributed by atoms with Gasteiger partial charge in [0.2, 0.25) is 5.91 Å². The maximum absolute atomic E-state index is 12.6. The van der Waals surface area contributed by atoms with Crippen LogP contribution in [0, 0.1) is 0 Å². The molecule has 0 aromatic heterocycles. The fourth-order valence-corrected chi connectivity index (χ4v) is 3.48. The lowest BCUT2D eigenvalue weighted by atomic mass is 10.0. The zero-order chi connectivity index (χ0) is 21.6. The van der Waals surface area contributed by atoms with E-state index in [1.165, 1.54) is 0 Å². The second-order valence-electron chi connectivity index (χ2n) is 7.45. The summed E-state index contributed by atoms with van der Waals surface area (Å²) in [5.41, 5.74) is 3.48. The number of amides is 1. The number of hydrogen-bond donors (Lipinski definition) is 3. The highest BCUT2D eigenvalue weighted by atomic mass is 16.3. The van der Waals surface area contributed by atoms with Gasteiger partial charge in [-0.15, -0.1) is 0 Å². The van der Waals surface area contributed by atoms with Gasteiger partial charge in [-0.25, -0.2) is 0 Å². The summed E-state index contributed by atoms with van der Waals surface area (Å²) >= 11 is 0. The van der Waals surface area contributed by atoms with Crippen LogP contribution >= 0.6 is 0 Å². The number of phenolic OH excluding ortho intramolecular Hbond substituents is 2. The maximum Gasteiger partial charge on any atom is 0.226 e. The second kappa shape index (κ2) is 9.26. The molecule has 6 heteroatoms. The topological polar surface area (TPSA) is 94.3 Å². The van der Waals surface area contributed by atoms with Gasteiger partial charge in [-0.1, -0.05) is 42.5 Å². The summed E-state index contributed by atoms with van der Waals surface area (Å²) in [5.74, 6) is 0.201. The highest BCUT2D eigenvalue weighted by molar-refractivity contribution is 6.38. The molecule has 2 atom stereocenters. The molecular formula is C25H23N3O3. The molecular weight excluding hydrogens is 390 g/mol. The van der Waals surface area contributed by atoms with E-state index in [-0.39, 0.29) is 29.9 Å². The molecule has 3 N–H and O–H groups in total. The number of carbonyl (C=O) groups is 1. The molecule has 6 nitrogen and oxygen atoms in total. The van der Waals surface area contributed by atoms with E-state index in [4.69, 9.17) is 4.99 Å². The van der Waals surface area contributed by atoms with Crippen LogP contribution in [0.3, 0.4) is 0 Å². The molecule has 3 aromatic rings. The quantitative estimate of drug-likeness (QED) is 0.579. The van der Waals surface area contributed by atoms with Crippen LogP contribution in [0.15, 0.2) is 88.8 Å². The Kier molecular flexibility index (Phi) is 6.08. The molecule has 3 aromatic carbocycles. The summed E-state index contributed by atoms with van der Waals surface area (Å²) in [6.07, 6.45) is 2.01. The first-order valence-electron chi connectivity index (χ1n) is 10.1. The molecule has 1 aliphatic rings. The molecule has 2 unspecified atom stereocenters. The minimum absolute atomic E-state index is 0.158. The Hall–Kier alpha value is -3.93. The number of hydrogen-bond acceptors (Lipinski definition) is 5. The summed E-state index contributed by atoms with van der Waals surface area (Å²) in [6, 6.07) is 23.1. The number of nitrogens with zero attached hydrogens (tertiary/aromatic N) is 2. The predicted octanol–water partition coefficient (Wildman–Crippen LogP) is 3.27. The third-order valence-electron chi connectivity index (χ3n) is 5.09. The van der Waals surface area contributed by atoms with Crippen LogP contribution in [0.5, 0.6) is 11.5 Å². The Morgan fingerprint density at radius 1 is 0.839 bits per heavy atom. The van der Waals surface area contributed by atoms with E-state index in [0.717, 1.165) is 16.7 Å². The third kappa shape index (κ3) is 5.36. The molecule has 1 aliphatic heterocycles. The molecule has 0 aliphatic carbocycles. The Labute approximate surface area is 180 Å². The van der Waals surface area contributed by atoms with E-state index < -0.39 is 6.17 Å². The number of aromatic hydroxyl groups is 2. The van der Waals surface area contributed by atoms with E-state index in [9.17, 15) is 15.0 Å². The van der Waals surface area contributed by atoms with E-state index >= 15 is 0 Å². The van der Waals surface area contributed by atoms with Crippen molar-refractivity contribution in [1.29, 1.82) is 0 Å². The zero-order valence-corrected chi connectivity index (χ0v) is 16.8. The average molecular weight is 413 g/mol. The minimum Gasteiger partial charge on any atom is -0.508 e.